The maximum atomic E-state index is 3.99. The van der Waals surface area contributed by atoms with Gasteiger partial charge in [0.05, 0.1) is 59.2 Å². The van der Waals surface area contributed by atoms with E-state index in [2.05, 4.69) is 412 Å². The van der Waals surface area contributed by atoms with Crippen molar-refractivity contribution < 1.29 is 0 Å². The molecule has 80 nitrogen and oxygen atoms in total. The number of nitrogens with one attached hydrogen (secondary N) is 20. The molecule has 0 bridgehead atoms. The van der Waals surface area contributed by atoms with Gasteiger partial charge in [0.1, 0.15) is 0 Å². The quantitative estimate of drug-likeness (QED) is 0.0199. The Morgan fingerprint density at radius 3 is 0.209 bits per heavy atom. The first-order valence-corrected chi connectivity index (χ1v) is 31.7. The molecule has 0 aliphatic heterocycles. The Kier molecular flexibility index (Phi) is 21.4. The summed E-state index contributed by atoms with van der Waals surface area (Å²) >= 11 is 0. The van der Waals surface area contributed by atoms with E-state index in [1.54, 1.807) is 0 Å². The van der Waals surface area contributed by atoms with Crippen molar-refractivity contribution in [1.82, 2.24) is 412 Å². The lowest BCUT2D eigenvalue weighted by atomic mass is 9.92. The molecule has 0 atom stereocenters. The van der Waals surface area contributed by atoms with Crippen LogP contribution in [0.3, 0.4) is 0 Å². The van der Waals surface area contributed by atoms with E-state index in [1.807, 2.05) is 0 Å². The van der Waals surface area contributed by atoms with Crippen LogP contribution in [0.5, 0.6) is 0 Å². The fourth-order valence-corrected chi connectivity index (χ4v) is 10.8. The van der Waals surface area contributed by atoms with E-state index in [1.165, 1.54) is 0 Å². The zero-order valence-electron chi connectivity index (χ0n) is 56.1. The van der Waals surface area contributed by atoms with Crippen LogP contribution in [-0.2, 0) is 0 Å². The highest BCUT2D eigenvalue weighted by Gasteiger charge is 2.38. The third-order valence-electron chi connectivity index (χ3n) is 15.8. The minimum atomic E-state index is -0.436. The van der Waals surface area contributed by atoms with Crippen LogP contribution in [0.2, 0.25) is 0 Å². The van der Waals surface area contributed by atoms with Gasteiger partial charge in [0.25, 0.3) is 0 Å². The average molecular weight is 1580 g/mol. The first kappa shape index (κ1) is 70.7. The van der Waals surface area contributed by atoms with Gasteiger partial charge in [0.15, 0.2) is 116 Å². The van der Waals surface area contributed by atoms with Crippen molar-refractivity contribution in [2.45, 2.75) is 91.3 Å². The maximum Gasteiger partial charge on any atom is 0.185 e. The van der Waals surface area contributed by atoms with Crippen molar-refractivity contribution in [1.29, 1.82) is 0 Å². The molecule has 0 spiro atoms. The summed E-state index contributed by atoms with van der Waals surface area (Å²) in [6.45, 7) is 0. The number of aromatic nitrogens is 80. The first-order chi connectivity index (χ1) is 57.1. The van der Waals surface area contributed by atoms with Gasteiger partial charge in [-0.3, -0.25) is 0 Å². The van der Waals surface area contributed by atoms with Crippen LogP contribution < -0.4 is 0 Å². The number of nitrogens with zero attached hydrogens (tertiary/aromatic N) is 60. The molecule has 20 rings (SSSR count). The van der Waals surface area contributed by atoms with Gasteiger partial charge in [-0.15, -0.1) is 204 Å². The van der Waals surface area contributed by atoms with Crippen molar-refractivity contribution in [2.24, 2.45) is 0 Å². The second-order valence-electron chi connectivity index (χ2n) is 22.1. The second kappa shape index (κ2) is 34.8. The zero-order chi connectivity index (χ0) is 77.4. The minimum absolute atomic E-state index is 0.359. The SMILES string of the molecule is C(C(c1nn[nH]n1)c1nn[nH]n1)C(c1nn[nH]n1)c1nn[nH]n1.C(C(c1nn[nH]n1)c1nn[nH]n1)C(c1nn[nH]n1)c1nn[nH]n1.C(C(c1nn[nH]n1)c1nn[nH]n1)C(c1nn[nH]n1)c1nn[nH]n1.C(C(c1nn[nH]n1)c1nn[nH]n1)C(c1nn[nH]n1)c1nn[nH]n1.C(C(c1nn[nH]n1)c1nn[nH]n1)C(c1nn[nH]n1)c1nn[nH]n1. The average Bonchev–Trinajstić information content (AvgIpc) is 1.62. The molecule has 580 valence electrons. The van der Waals surface area contributed by atoms with Crippen LogP contribution in [0.15, 0.2) is 0 Å². The molecule has 0 aliphatic carbocycles. The molecule has 0 saturated carbocycles. The molecule has 0 saturated heterocycles. The van der Waals surface area contributed by atoms with Crippen LogP contribution in [0.25, 0.3) is 0 Å². The van der Waals surface area contributed by atoms with E-state index in [0.29, 0.717) is 149 Å². The van der Waals surface area contributed by atoms with Crippen molar-refractivity contribution >= 4 is 0 Å². The van der Waals surface area contributed by atoms with Gasteiger partial charge >= 0.3 is 0 Å². The molecular formula is C35H40N80. The summed E-state index contributed by atoms with van der Waals surface area (Å²) in [5.41, 5.74) is 0. The smallest absolute Gasteiger partial charge is 0.177 e. The van der Waals surface area contributed by atoms with Gasteiger partial charge in [-0.2, -0.15) is 104 Å². The second-order valence-corrected chi connectivity index (χ2v) is 22.1. The summed E-state index contributed by atoms with van der Waals surface area (Å²) in [5.74, 6) is 3.48. The largest absolute Gasteiger partial charge is 0.185 e. The van der Waals surface area contributed by atoms with Crippen molar-refractivity contribution in [3.63, 3.8) is 0 Å². The summed E-state index contributed by atoms with van der Waals surface area (Å²) in [5, 5.41) is 279. The Bertz CT molecular complexity index is 4130. The fourth-order valence-electron chi connectivity index (χ4n) is 10.8. The molecule has 80 heteroatoms. The lowest BCUT2D eigenvalue weighted by Gasteiger charge is -2.13. The van der Waals surface area contributed by atoms with E-state index in [0.717, 1.165) is 0 Å². The highest BCUT2D eigenvalue weighted by atomic mass is 15.6. The fraction of sp³-hybridized carbons (Fsp3) is 0.429. The van der Waals surface area contributed by atoms with Crippen LogP contribution in [0.1, 0.15) is 208 Å². The number of hydrogen-bond donors (Lipinski definition) is 20. The van der Waals surface area contributed by atoms with Crippen LogP contribution in [-0.4, -0.2) is 412 Å². The molecule has 20 aromatic rings. The van der Waals surface area contributed by atoms with E-state index in [9.17, 15) is 0 Å². The summed E-state index contributed by atoms with van der Waals surface area (Å²) in [6.07, 6.45) is 1.80. The molecular weight excluding hydrogens is 1540 g/mol. The maximum absolute atomic E-state index is 3.99. The van der Waals surface area contributed by atoms with Crippen molar-refractivity contribution in [3.8, 4) is 0 Å². The summed E-state index contributed by atoms with van der Waals surface area (Å²) in [4.78, 5) is 0. The molecule has 20 heterocycles. The topological polar surface area (TPSA) is 1090 Å². The van der Waals surface area contributed by atoms with Crippen molar-refractivity contribution in [3.05, 3.63) is 116 Å². The van der Waals surface area contributed by atoms with Crippen molar-refractivity contribution in [2.75, 3.05) is 0 Å². The van der Waals surface area contributed by atoms with Crippen LogP contribution in [0, 0.1) is 0 Å². The van der Waals surface area contributed by atoms with Gasteiger partial charge < -0.3 is 0 Å². The Labute approximate surface area is 618 Å². The summed E-state index contributed by atoms with van der Waals surface area (Å²) < 4.78 is 0. The molecule has 0 aliphatic rings. The monoisotopic (exact) mass is 1580 g/mol. The zero-order valence-corrected chi connectivity index (χ0v) is 56.1. The Hall–Kier alpha value is -18.6. The number of rotatable bonds is 30. The number of hydrogen-bond acceptors (Lipinski definition) is 60. The minimum Gasteiger partial charge on any atom is -0.177 e. The molecule has 20 aromatic heterocycles. The summed E-state index contributed by atoms with van der Waals surface area (Å²) in [6, 6.07) is 0. The van der Waals surface area contributed by atoms with E-state index < -0.39 is 59.2 Å². The predicted molar refractivity (Wildman–Crippen MR) is 325 cm³/mol. The Morgan fingerprint density at radius 1 is 0.104 bits per heavy atom. The normalized spacial score (nSPS) is 11.6. The first-order valence-electron chi connectivity index (χ1n) is 31.7. The van der Waals surface area contributed by atoms with Gasteiger partial charge in [-0.05, 0) is 32.1 Å². The highest BCUT2D eigenvalue weighted by molar-refractivity contribution is 5.20. The molecule has 0 amide bonds. The van der Waals surface area contributed by atoms with Gasteiger partial charge in [-0.25, -0.2) is 0 Å². The number of H-pyrrole nitrogens is 20. The molecule has 0 unspecified atom stereocenters. The molecule has 115 heavy (non-hydrogen) atoms. The van der Waals surface area contributed by atoms with Crippen LogP contribution >= 0.6 is 0 Å². The summed E-state index contributed by atoms with van der Waals surface area (Å²) in [7, 11) is 0. The molecule has 0 aromatic carbocycles. The van der Waals surface area contributed by atoms with E-state index >= 15 is 0 Å². The lowest BCUT2D eigenvalue weighted by molar-refractivity contribution is 0.553. The van der Waals surface area contributed by atoms with E-state index in [-0.39, 0.29) is 0 Å². The van der Waals surface area contributed by atoms with E-state index in [4.69, 9.17) is 0 Å². The Balaban J connectivity index is 0.000000108. The van der Waals surface area contributed by atoms with Gasteiger partial charge in [0, 0.05) is 0 Å². The standard InChI is InChI=1S/5C7H8N16/c5*1(2(4-8-16-17-9-4)5-10-18-19-11-5)3(6-12-20-21-13-6)7-14-22-23-15-7/h5*2-3H,1H2,(H,8,9,16,17)(H,10,11,18,19)(H,12,13,20,21)(H,14,15,22,23). The van der Waals surface area contributed by atoms with Gasteiger partial charge in [0.2, 0.25) is 0 Å². The molecule has 0 fully saturated rings. The predicted octanol–water partition coefficient (Wildman–Crippen LogP) is -14.5. The highest BCUT2D eigenvalue weighted by Crippen LogP contribution is 2.37. The molecule has 0 radical (unpaired) electrons. The van der Waals surface area contributed by atoms with Crippen LogP contribution in [0.4, 0.5) is 0 Å². The Morgan fingerprint density at radius 2 is 0.165 bits per heavy atom. The molecule has 20 N–H and O–H groups in total. The third-order valence-corrected chi connectivity index (χ3v) is 15.8. The van der Waals surface area contributed by atoms with Gasteiger partial charge in [-0.1, -0.05) is 104 Å². The third kappa shape index (κ3) is 17.0. The number of aromatic amines is 20. The lowest BCUT2D eigenvalue weighted by Crippen LogP contribution is -2.15. The number of tetrazole rings is 20.